The van der Waals surface area contributed by atoms with Crippen LogP contribution >= 0.6 is 0 Å². The molecule has 9 nitrogen and oxygen atoms in total. The van der Waals surface area contributed by atoms with Crippen molar-refractivity contribution >= 4 is 6.09 Å². The van der Waals surface area contributed by atoms with Crippen LogP contribution in [0.4, 0.5) is 4.79 Å². The molecule has 0 bridgehead atoms. The number of carbonyl (C=O) groups is 1. The summed E-state index contributed by atoms with van der Waals surface area (Å²) >= 11 is 0. The Morgan fingerprint density at radius 1 is 0.860 bits per heavy atom. The first kappa shape index (κ1) is 36.5. The van der Waals surface area contributed by atoms with E-state index >= 15 is 0 Å². The number of piperidine rings is 1. The van der Waals surface area contributed by atoms with Crippen molar-refractivity contribution in [2.24, 2.45) is 5.41 Å². The van der Waals surface area contributed by atoms with Gasteiger partial charge in [0.1, 0.15) is 13.2 Å². The Morgan fingerprint density at radius 3 is 2.14 bits per heavy atom. The Hall–Kier alpha value is -4.73. The van der Waals surface area contributed by atoms with Gasteiger partial charge in [0.15, 0.2) is 0 Å². The first-order chi connectivity index (χ1) is 24.4. The number of amides is 1. The summed E-state index contributed by atoms with van der Waals surface area (Å²) in [5.74, 6) is 0. The van der Waals surface area contributed by atoms with Crippen LogP contribution in [0.5, 0.6) is 0 Å². The normalized spacial score (nSPS) is 16.1. The molecular formula is C41H48N2O7. The van der Waals surface area contributed by atoms with Gasteiger partial charge in [-0.15, -0.1) is 10.1 Å². The molecule has 0 aromatic heterocycles. The molecular weight excluding hydrogens is 632 g/mol. The molecule has 0 N–H and O–H groups in total. The summed E-state index contributed by atoms with van der Waals surface area (Å²) in [5, 5.41) is 9.59. The molecule has 50 heavy (non-hydrogen) atoms. The number of carbonyl (C=O) groups excluding carboxylic acids is 1. The molecule has 9 heteroatoms. The van der Waals surface area contributed by atoms with Gasteiger partial charge in [0.25, 0.3) is 5.09 Å². The lowest BCUT2D eigenvalue weighted by molar-refractivity contribution is -0.763. The van der Waals surface area contributed by atoms with E-state index in [-0.39, 0.29) is 30.8 Å². The monoisotopic (exact) mass is 680 g/mol. The van der Waals surface area contributed by atoms with Gasteiger partial charge in [-0.1, -0.05) is 109 Å². The Bertz CT molecular complexity index is 1590. The molecule has 1 atom stereocenters. The van der Waals surface area contributed by atoms with E-state index in [0.29, 0.717) is 25.3 Å². The topological polar surface area (TPSA) is 100 Å². The molecule has 2 fully saturated rings. The largest absolute Gasteiger partial charge is 0.445 e. The number of aryl methyl sites for hydroxylation is 1. The van der Waals surface area contributed by atoms with Crippen LogP contribution in [0.15, 0.2) is 109 Å². The average molecular weight is 681 g/mol. The second kappa shape index (κ2) is 18.9. The van der Waals surface area contributed by atoms with E-state index in [4.69, 9.17) is 14.2 Å². The van der Waals surface area contributed by atoms with E-state index in [1.54, 1.807) is 30.2 Å². The quantitative estimate of drug-likeness (QED) is 0.0706. The number of nitrogens with zero attached hydrogens (tertiary/aromatic N) is 2. The maximum atomic E-state index is 12.7. The van der Waals surface area contributed by atoms with E-state index in [0.717, 1.165) is 44.3 Å². The third-order valence-corrected chi connectivity index (χ3v) is 9.27. The standard InChI is InChI=1S/C29H38N2O7.C12H10/c1-35-16-6-11-25-9-2-3-10-26(25)18-29(13-14-29)22-37-27-12-5-15-30(19-27)28(32)36-20-23-7-4-8-24(17-23)21-38-31(33)34;1-3-7-11(8-4-1)12-9-5-2-6-10-12/h2-4,7-10,17,27H,5-6,11-16,18-22H2,1H3;1-10H. The van der Waals surface area contributed by atoms with Gasteiger partial charge in [-0.25, -0.2) is 4.79 Å². The first-order valence-corrected chi connectivity index (χ1v) is 17.5. The molecule has 1 amide bonds. The Labute approximate surface area is 295 Å². The minimum absolute atomic E-state index is 0.00771. The van der Waals surface area contributed by atoms with Gasteiger partial charge in [0, 0.05) is 20.3 Å². The van der Waals surface area contributed by atoms with Crippen molar-refractivity contribution in [3.8, 4) is 11.1 Å². The lowest BCUT2D eigenvalue weighted by atomic mass is 9.92. The SMILES string of the molecule is COCCCc1ccccc1CC1(COC2CCCN(C(=O)OCc3cccc(CO[N+](=O)[O-])c3)C2)CC1.c1ccc(-c2ccccc2)cc1. The van der Waals surface area contributed by atoms with Crippen molar-refractivity contribution < 1.29 is 28.9 Å². The van der Waals surface area contributed by atoms with Crippen LogP contribution in [0, 0.1) is 15.5 Å². The van der Waals surface area contributed by atoms with Crippen molar-refractivity contribution in [1.82, 2.24) is 4.90 Å². The first-order valence-electron chi connectivity index (χ1n) is 17.5. The maximum absolute atomic E-state index is 12.7. The summed E-state index contributed by atoms with van der Waals surface area (Å²) in [5.41, 5.74) is 6.96. The maximum Gasteiger partial charge on any atom is 0.410 e. The molecule has 0 spiro atoms. The molecule has 1 aliphatic heterocycles. The molecule has 1 saturated carbocycles. The van der Waals surface area contributed by atoms with Gasteiger partial charge in [0.2, 0.25) is 0 Å². The van der Waals surface area contributed by atoms with Crippen LogP contribution < -0.4 is 0 Å². The zero-order valence-electron chi connectivity index (χ0n) is 28.9. The molecule has 2 aliphatic rings. The summed E-state index contributed by atoms with van der Waals surface area (Å²) in [7, 11) is 1.74. The summed E-state index contributed by atoms with van der Waals surface area (Å²) in [6.07, 6.45) is 6.87. The van der Waals surface area contributed by atoms with Gasteiger partial charge >= 0.3 is 6.09 Å². The van der Waals surface area contributed by atoms with E-state index < -0.39 is 5.09 Å². The van der Waals surface area contributed by atoms with Crippen LogP contribution in [0.1, 0.15) is 54.4 Å². The molecule has 6 rings (SSSR count). The summed E-state index contributed by atoms with van der Waals surface area (Å²) < 4.78 is 17.1. The fourth-order valence-electron chi connectivity index (χ4n) is 6.30. The molecule has 4 aromatic rings. The average Bonchev–Trinajstić information content (AvgIpc) is 3.93. The summed E-state index contributed by atoms with van der Waals surface area (Å²) in [6, 6.07) is 36.5. The summed E-state index contributed by atoms with van der Waals surface area (Å²) in [4.78, 5) is 29.3. The zero-order chi connectivity index (χ0) is 35.0. The highest BCUT2D eigenvalue weighted by molar-refractivity contribution is 5.67. The Balaban J connectivity index is 0.000000338. The number of rotatable bonds is 15. The number of likely N-dealkylation sites (tertiary alicyclic amines) is 1. The van der Waals surface area contributed by atoms with Crippen molar-refractivity contribution in [1.29, 1.82) is 0 Å². The highest BCUT2D eigenvalue weighted by Crippen LogP contribution is 2.49. The Morgan fingerprint density at radius 2 is 1.50 bits per heavy atom. The van der Waals surface area contributed by atoms with Gasteiger partial charge in [-0.3, -0.25) is 0 Å². The third kappa shape index (κ3) is 11.7. The summed E-state index contributed by atoms with van der Waals surface area (Å²) in [6.45, 7) is 2.62. The van der Waals surface area contributed by atoms with Crippen LogP contribution in [0.3, 0.4) is 0 Å². The molecule has 0 radical (unpaired) electrons. The van der Waals surface area contributed by atoms with Crippen molar-refractivity contribution in [3.63, 3.8) is 0 Å². The van der Waals surface area contributed by atoms with E-state index in [2.05, 4.69) is 77.6 Å². The number of methoxy groups -OCH3 is 1. The van der Waals surface area contributed by atoms with E-state index in [1.807, 2.05) is 18.2 Å². The molecule has 1 aliphatic carbocycles. The molecule has 1 heterocycles. The fourth-order valence-corrected chi connectivity index (χ4v) is 6.30. The van der Waals surface area contributed by atoms with E-state index in [1.165, 1.54) is 35.1 Å². The van der Waals surface area contributed by atoms with Crippen LogP contribution in [-0.2, 0) is 45.1 Å². The highest BCUT2D eigenvalue weighted by Gasteiger charge is 2.44. The van der Waals surface area contributed by atoms with Gasteiger partial charge in [-0.2, -0.15) is 0 Å². The van der Waals surface area contributed by atoms with Gasteiger partial charge in [-0.05, 0) is 83.7 Å². The van der Waals surface area contributed by atoms with Crippen LogP contribution in [-0.4, -0.2) is 55.6 Å². The minimum atomic E-state index is -0.823. The smallest absolute Gasteiger partial charge is 0.410 e. The van der Waals surface area contributed by atoms with Crippen molar-refractivity contribution in [2.75, 3.05) is 33.4 Å². The number of benzene rings is 4. The number of ether oxygens (including phenoxy) is 3. The number of hydrogen-bond donors (Lipinski definition) is 0. The minimum Gasteiger partial charge on any atom is -0.445 e. The third-order valence-electron chi connectivity index (χ3n) is 9.27. The number of hydrogen-bond acceptors (Lipinski definition) is 7. The van der Waals surface area contributed by atoms with Crippen LogP contribution in [0.2, 0.25) is 0 Å². The van der Waals surface area contributed by atoms with Crippen molar-refractivity contribution in [3.05, 3.63) is 142 Å². The fraction of sp³-hybridized carbons (Fsp3) is 0.390. The van der Waals surface area contributed by atoms with Gasteiger partial charge in [0.05, 0.1) is 19.3 Å². The van der Waals surface area contributed by atoms with Gasteiger partial charge < -0.3 is 23.9 Å². The lowest BCUT2D eigenvalue weighted by Crippen LogP contribution is -2.44. The predicted molar refractivity (Wildman–Crippen MR) is 193 cm³/mol. The second-order valence-corrected chi connectivity index (χ2v) is 13.2. The molecule has 1 saturated heterocycles. The molecule has 1 unspecified atom stereocenters. The molecule has 264 valence electrons. The van der Waals surface area contributed by atoms with E-state index in [9.17, 15) is 14.9 Å². The van der Waals surface area contributed by atoms with Crippen LogP contribution in [0.25, 0.3) is 11.1 Å². The lowest BCUT2D eigenvalue weighted by Gasteiger charge is -2.33. The van der Waals surface area contributed by atoms with Crippen molar-refractivity contribution in [2.45, 2.75) is 64.3 Å². The predicted octanol–water partition coefficient (Wildman–Crippen LogP) is 8.47. The Kier molecular flexibility index (Phi) is 13.8. The molecule has 4 aromatic carbocycles. The second-order valence-electron chi connectivity index (χ2n) is 13.2. The highest BCUT2D eigenvalue weighted by atomic mass is 16.9. The zero-order valence-corrected chi connectivity index (χ0v) is 28.9.